The Morgan fingerprint density at radius 3 is 2.81 bits per heavy atom. The molecule has 1 aliphatic rings. The summed E-state index contributed by atoms with van der Waals surface area (Å²) in [6.07, 6.45) is 1.76. The molecule has 0 aromatic heterocycles. The fraction of sp³-hybridized carbons (Fsp3) is 0.538. The first-order valence-corrected chi connectivity index (χ1v) is 5.84. The van der Waals surface area contributed by atoms with E-state index in [-0.39, 0.29) is 5.54 Å². The summed E-state index contributed by atoms with van der Waals surface area (Å²) in [5.41, 5.74) is 7.32. The maximum Gasteiger partial charge on any atom is 0.119 e. The van der Waals surface area contributed by atoms with Crippen LogP contribution in [-0.2, 0) is 10.3 Å². The van der Waals surface area contributed by atoms with Crippen molar-refractivity contribution in [3.63, 3.8) is 0 Å². The molecule has 0 radical (unpaired) electrons. The summed E-state index contributed by atoms with van der Waals surface area (Å²) in [5.74, 6) is 0.899. The zero-order valence-corrected chi connectivity index (χ0v) is 9.74. The van der Waals surface area contributed by atoms with E-state index in [0.29, 0.717) is 6.61 Å². The highest BCUT2D eigenvalue weighted by Crippen LogP contribution is 2.31. The molecule has 3 heteroatoms. The Bertz CT molecular complexity index is 346. The van der Waals surface area contributed by atoms with Gasteiger partial charge >= 0.3 is 0 Å². The second-order valence-electron chi connectivity index (χ2n) is 4.23. The fourth-order valence-corrected chi connectivity index (χ4v) is 2.09. The summed E-state index contributed by atoms with van der Waals surface area (Å²) in [5, 5.41) is 0. The SMILES string of the molecule is CCOc1cccc(C2(N)CCOCC2)c1. The van der Waals surface area contributed by atoms with Gasteiger partial charge in [0.05, 0.1) is 6.61 Å². The number of rotatable bonds is 3. The minimum absolute atomic E-state index is 0.245. The molecule has 0 saturated carbocycles. The molecular formula is C13H19NO2. The van der Waals surface area contributed by atoms with E-state index < -0.39 is 0 Å². The molecule has 1 aromatic carbocycles. The van der Waals surface area contributed by atoms with Crippen molar-refractivity contribution in [2.24, 2.45) is 5.73 Å². The molecule has 1 heterocycles. The van der Waals surface area contributed by atoms with E-state index in [9.17, 15) is 0 Å². The van der Waals surface area contributed by atoms with Gasteiger partial charge in [-0.1, -0.05) is 12.1 Å². The third-order valence-corrected chi connectivity index (χ3v) is 3.10. The molecular weight excluding hydrogens is 202 g/mol. The molecule has 3 nitrogen and oxygen atoms in total. The van der Waals surface area contributed by atoms with Gasteiger partial charge < -0.3 is 15.2 Å². The fourth-order valence-electron chi connectivity index (χ4n) is 2.09. The maximum atomic E-state index is 6.41. The number of hydrogen-bond acceptors (Lipinski definition) is 3. The quantitative estimate of drug-likeness (QED) is 0.849. The van der Waals surface area contributed by atoms with E-state index in [1.807, 2.05) is 19.1 Å². The Hall–Kier alpha value is -1.06. The highest BCUT2D eigenvalue weighted by Gasteiger charge is 2.30. The number of nitrogens with two attached hydrogens (primary N) is 1. The predicted octanol–water partition coefficient (Wildman–Crippen LogP) is 2.05. The second-order valence-corrected chi connectivity index (χ2v) is 4.23. The molecule has 1 fully saturated rings. The number of benzene rings is 1. The van der Waals surface area contributed by atoms with E-state index in [2.05, 4.69) is 12.1 Å². The molecule has 2 rings (SSSR count). The van der Waals surface area contributed by atoms with E-state index in [0.717, 1.165) is 37.4 Å². The lowest BCUT2D eigenvalue weighted by atomic mass is 9.84. The zero-order chi connectivity index (χ0) is 11.4. The van der Waals surface area contributed by atoms with E-state index in [4.69, 9.17) is 15.2 Å². The topological polar surface area (TPSA) is 44.5 Å². The van der Waals surface area contributed by atoms with Crippen LogP contribution in [0.15, 0.2) is 24.3 Å². The van der Waals surface area contributed by atoms with Gasteiger partial charge in [-0.2, -0.15) is 0 Å². The van der Waals surface area contributed by atoms with Crippen LogP contribution in [0.25, 0.3) is 0 Å². The summed E-state index contributed by atoms with van der Waals surface area (Å²) in [6.45, 7) is 4.16. The summed E-state index contributed by atoms with van der Waals surface area (Å²) >= 11 is 0. The predicted molar refractivity (Wildman–Crippen MR) is 63.5 cm³/mol. The average molecular weight is 221 g/mol. The van der Waals surface area contributed by atoms with Crippen LogP contribution in [0.2, 0.25) is 0 Å². The average Bonchev–Trinajstić information content (AvgIpc) is 2.31. The van der Waals surface area contributed by atoms with Crippen molar-refractivity contribution >= 4 is 0 Å². The summed E-state index contributed by atoms with van der Waals surface area (Å²) in [6, 6.07) is 8.10. The van der Waals surface area contributed by atoms with Crippen LogP contribution in [-0.4, -0.2) is 19.8 Å². The van der Waals surface area contributed by atoms with Gasteiger partial charge in [-0.25, -0.2) is 0 Å². The molecule has 0 spiro atoms. The molecule has 0 bridgehead atoms. The molecule has 16 heavy (non-hydrogen) atoms. The summed E-state index contributed by atoms with van der Waals surface area (Å²) in [4.78, 5) is 0. The zero-order valence-electron chi connectivity index (χ0n) is 9.74. The lowest BCUT2D eigenvalue weighted by Crippen LogP contribution is -2.42. The van der Waals surface area contributed by atoms with Crippen molar-refractivity contribution in [2.45, 2.75) is 25.3 Å². The highest BCUT2D eigenvalue weighted by molar-refractivity contribution is 5.33. The Kier molecular flexibility index (Phi) is 3.46. The monoisotopic (exact) mass is 221 g/mol. The van der Waals surface area contributed by atoms with Crippen LogP contribution < -0.4 is 10.5 Å². The first-order valence-electron chi connectivity index (χ1n) is 5.84. The minimum Gasteiger partial charge on any atom is -0.494 e. The van der Waals surface area contributed by atoms with Gasteiger partial charge in [0.15, 0.2) is 0 Å². The summed E-state index contributed by atoms with van der Waals surface area (Å²) < 4.78 is 10.8. The normalized spacial score (nSPS) is 19.4. The van der Waals surface area contributed by atoms with Crippen LogP contribution in [0.3, 0.4) is 0 Å². The lowest BCUT2D eigenvalue weighted by Gasteiger charge is -2.34. The van der Waals surface area contributed by atoms with E-state index in [1.54, 1.807) is 0 Å². The third kappa shape index (κ3) is 2.36. The first-order chi connectivity index (χ1) is 7.74. The molecule has 0 aliphatic carbocycles. The van der Waals surface area contributed by atoms with Gasteiger partial charge in [-0.15, -0.1) is 0 Å². The Balaban J connectivity index is 2.21. The molecule has 1 saturated heterocycles. The molecule has 88 valence electrons. The smallest absolute Gasteiger partial charge is 0.119 e. The van der Waals surface area contributed by atoms with Crippen molar-refractivity contribution in [1.82, 2.24) is 0 Å². The molecule has 1 aliphatic heterocycles. The number of hydrogen-bond donors (Lipinski definition) is 1. The van der Waals surface area contributed by atoms with Crippen LogP contribution in [0.1, 0.15) is 25.3 Å². The molecule has 2 N–H and O–H groups in total. The van der Waals surface area contributed by atoms with Crippen molar-refractivity contribution < 1.29 is 9.47 Å². The molecule has 0 unspecified atom stereocenters. The standard InChI is InChI=1S/C13H19NO2/c1-2-16-12-5-3-4-11(10-12)13(14)6-8-15-9-7-13/h3-5,10H,2,6-9,14H2,1H3. The van der Waals surface area contributed by atoms with E-state index >= 15 is 0 Å². The van der Waals surface area contributed by atoms with Gasteiger partial charge in [-0.05, 0) is 37.5 Å². The molecule has 0 atom stereocenters. The van der Waals surface area contributed by atoms with Gasteiger partial charge in [0, 0.05) is 18.8 Å². The van der Waals surface area contributed by atoms with Gasteiger partial charge in [0.25, 0.3) is 0 Å². The largest absolute Gasteiger partial charge is 0.494 e. The van der Waals surface area contributed by atoms with Gasteiger partial charge in [0.1, 0.15) is 5.75 Å². The van der Waals surface area contributed by atoms with Crippen LogP contribution >= 0.6 is 0 Å². The molecule has 0 amide bonds. The first kappa shape index (κ1) is 11.4. The number of ether oxygens (including phenoxy) is 2. The lowest BCUT2D eigenvalue weighted by molar-refractivity contribution is 0.0521. The van der Waals surface area contributed by atoms with Crippen molar-refractivity contribution in [3.05, 3.63) is 29.8 Å². The van der Waals surface area contributed by atoms with E-state index in [1.165, 1.54) is 0 Å². The van der Waals surface area contributed by atoms with Gasteiger partial charge in [0.2, 0.25) is 0 Å². The Morgan fingerprint density at radius 1 is 1.38 bits per heavy atom. The Morgan fingerprint density at radius 2 is 2.12 bits per heavy atom. The van der Waals surface area contributed by atoms with Crippen molar-refractivity contribution in [1.29, 1.82) is 0 Å². The van der Waals surface area contributed by atoms with Crippen LogP contribution in [0.5, 0.6) is 5.75 Å². The van der Waals surface area contributed by atoms with Crippen molar-refractivity contribution in [2.75, 3.05) is 19.8 Å². The minimum atomic E-state index is -0.245. The second kappa shape index (κ2) is 4.85. The molecule has 1 aromatic rings. The maximum absolute atomic E-state index is 6.41. The van der Waals surface area contributed by atoms with Crippen LogP contribution in [0.4, 0.5) is 0 Å². The van der Waals surface area contributed by atoms with Crippen LogP contribution in [0, 0.1) is 0 Å². The Labute approximate surface area is 96.5 Å². The van der Waals surface area contributed by atoms with Gasteiger partial charge in [-0.3, -0.25) is 0 Å². The van der Waals surface area contributed by atoms with Crippen molar-refractivity contribution in [3.8, 4) is 5.75 Å². The summed E-state index contributed by atoms with van der Waals surface area (Å²) in [7, 11) is 0. The third-order valence-electron chi connectivity index (χ3n) is 3.10. The highest BCUT2D eigenvalue weighted by atomic mass is 16.5.